The second-order valence-corrected chi connectivity index (χ2v) is 5.99. The molecule has 3 heterocycles. The zero-order valence-electron chi connectivity index (χ0n) is 10.7. The highest BCUT2D eigenvalue weighted by atomic mass is 32.1. The quantitative estimate of drug-likeness (QED) is 0.785. The number of hydrogen-bond acceptors (Lipinski definition) is 6. The third-order valence-electron chi connectivity index (χ3n) is 3.35. The van der Waals surface area contributed by atoms with Gasteiger partial charge in [-0.05, 0) is 20.8 Å². The largest absolute Gasteiger partial charge is 0.307 e. The average molecular weight is 264 g/mol. The molecule has 0 amide bonds. The highest BCUT2D eigenvalue weighted by Gasteiger charge is 2.27. The van der Waals surface area contributed by atoms with Crippen LogP contribution in [0.2, 0.25) is 0 Å². The molecule has 1 atom stereocenters. The smallest absolute Gasteiger partial charge is 0.183 e. The second kappa shape index (κ2) is 4.11. The molecule has 2 aromatic heterocycles. The molecule has 0 saturated carbocycles. The standard InChI is InChI=1S/C11H16N6S/c1-6-10-14-15-11(16(10)4-5-17(6)12)9-7(2)18-8(3)13-9/h6H,4-5,12H2,1-3H3/t6-/m0/s1. The molecule has 1 aliphatic rings. The van der Waals surface area contributed by atoms with Crippen molar-refractivity contribution in [3.8, 4) is 11.5 Å². The molecule has 0 aliphatic carbocycles. The molecule has 96 valence electrons. The van der Waals surface area contributed by atoms with E-state index in [1.807, 2.05) is 13.8 Å². The van der Waals surface area contributed by atoms with Crippen LogP contribution in [0.1, 0.15) is 28.7 Å². The molecule has 0 saturated heterocycles. The van der Waals surface area contributed by atoms with E-state index in [9.17, 15) is 0 Å². The Labute approximate surface area is 109 Å². The van der Waals surface area contributed by atoms with E-state index in [0.29, 0.717) is 0 Å². The maximum absolute atomic E-state index is 5.91. The first kappa shape index (κ1) is 11.8. The minimum Gasteiger partial charge on any atom is -0.307 e. The maximum Gasteiger partial charge on any atom is 0.183 e. The van der Waals surface area contributed by atoms with E-state index in [1.165, 1.54) is 4.88 Å². The lowest BCUT2D eigenvalue weighted by Gasteiger charge is -2.29. The van der Waals surface area contributed by atoms with Crippen LogP contribution < -0.4 is 5.84 Å². The predicted molar refractivity (Wildman–Crippen MR) is 69.9 cm³/mol. The van der Waals surface area contributed by atoms with E-state index in [4.69, 9.17) is 5.84 Å². The van der Waals surface area contributed by atoms with Crippen LogP contribution in [0.25, 0.3) is 11.5 Å². The lowest BCUT2D eigenvalue weighted by atomic mass is 10.2. The van der Waals surface area contributed by atoms with Crippen molar-refractivity contribution in [2.24, 2.45) is 5.84 Å². The summed E-state index contributed by atoms with van der Waals surface area (Å²) in [5, 5.41) is 11.4. The van der Waals surface area contributed by atoms with E-state index in [1.54, 1.807) is 16.3 Å². The Kier molecular flexibility index (Phi) is 2.69. The minimum absolute atomic E-state index is 0.0973. The van der Waals surface area contributed by atoms with E-state index in [2.05, 4.69) is 26.7 Å². The summed E-state index contributed by atoms with van der Waals surface area (Å²) in [4.78, 5) is 5.74. The fraction of sp³-hybridized carbons (Fsp3) is 0.545. The lowest BCUT2D eigenvalue weighted by molar-refractivity contribution is 0.168. The van der Waals surface area contributed by atoms with Gasteiger partial charge in [-0.2, -0.15) is 0 Å². The summed E-state index contributed by atoms with van der Waals surface area (Å²) < 4.78 is 2.13. The Bertz CT molecular complexity index is 586. The summed E-state index contributed by atoms with van der Waals surface area (Å²) in [5.41, 5.74) is 0.953. The molecule has 18 heavy (non-hydrogen) atoms. The minimum atomic E-state index is 0.0973. The monoisotopic (exact) mass is 264 g/mol. The molecule has 6 nitrogen and oxygen atoms in total. The van der Waals surface area contributed by atoms with Crippen LogP contribution in [0.5, 0.6) is 0 Å². The first-order valence-corrected chi connectivity index (χ1v) is 6.78. The normalized spacial score (nSPS) is 20.1. The van der Waals surface area contributed by atoms with Crippen molar-refractivity contribution in [2.75, 3.05) is 6.54 Å². The molecule has 3 rings (SSSR count). The zero-order chi connectivity index (χ0) is 12.9. The first-order chi connectivity index (χ1) is 8.58. The van der Waals surface area contributed by atoms with Crippen molar-refractivity contribution >= 4 is 11.3 Å². The molecule has 2 aromatic rings. The highest BCUT2D eigenvalue weighted by molar-refractivity contribution is 7.11. The van der Waals surface area contributed by atoms with Gasteiger partial charge in [-0.3, -0.25) is 5.84 Å². The molecule has 0 unspecified atom stereocenters. The number of nitrogens with two attached hydrogens (primary N) is 1. The number of rotatable bonds is 1. The van der Waals surface area contributed by atoms with Gasteiger partial charge in [-0.15, -0.1) is 21.5 Å². The Morgan fingerprint density at radius 3 is 2.72 bits per heavy atom. The maximum atomic E-state index is 5.91. The van der Waals surface area contributed by atoms with E-state index in [0.717, 1.165) is 35.4 Å². The zero-order valence-corrected chi connectivity index (χ0v) is 11.5. The molecular weight excluding hydrogens is 248 g/mol. The molecule has 0 spiro atoms. The van der Waals surface area contributed by atoms with Gasteiger partial charge in [-0.1, -0.05) is 0 Å². The second-order valence-electron chi connectivity index (χ2n) is 4.58. The summed E-state index contributed by atoms with van der Waals surface area (Å²) in [6, 6.07) is 0.0973. The SMILES string of the molecule is Cc1nc(-c2nnc3n2CCN(N)[C@H]3C)c(C)s1. The Morgan fingerprint density at radius 1 is 1.28 bits per heavy atom. The van der Waals surface area contributed by atoms with Gasteiger partial charge in [0, 0.05) is 18.0 Å². The van der Waals surface area contributed by atoms with E-state index < -0.39 is 0 Å². The van der Waals surface area contributed by atoms with Crippen LogP contribution >= 0.6 is 11.3 Å². The van der Waals surface area contributed by atoms with Crippen molar-refractivity contribution in [1.82, 2.24) is 24.8 Å². The lowest BCUT2D eigenvalue weighted by Crippen LogP contribution is -2.41. The Morgan fingerprint density at radius 2 is 2.06 bits per heavy atom. The van der Waals surface area contributed by atoms with Crippen LogP contribution in [0.3, 0.4) is 0 Å². The Hall–Kier alpha value is -1.31. The van der Waals surface area contributed by atoms with Crippen LogP contribution in [0.15, 0.2) is 0 Å². The molecule has 7 heteroatoms. The van der Waals surface area contributed by atoms with Gasteiger partial charge in [0.1, 0.15) is 5.69 Å². The van der Waals surface area contributed by atoms with Crippen molar-refractivity contribution in [2.45, 2.75) is 33.4 Å². The molecular formula is C11H16N6S. The third kappa shape index (κ3) is 1.66. The molecule has 0 aromatic carbocycles. The number of aryl methyl sites for hydroxylation is 2. The van der Waals surface area contributed by atoms with E-state index >= 15 is 0 Å². The van der Waals surface area contributed by atoms with Gasteiger partial charge in [0.05, 0.1) is 11.0 Å². The van der Waals surface area contributed by atoms with Gasteiger partial charge in [-0.25, -0.2) is 9.99 Å². The summed E-state index contributed by atoms with van der Waals surface area (Å²) in [6.07, 6.45) is 0. The summed E-state index contributed by atoms with van der Waals surface area (Å²) in [6.45, 7) is 7.75. The van der Waals surface area contributed by atoms with E-state index in [-0.39, 0.29) is 6.04 Å². The average Bonchev–Trinajstić information content (AvgIpc) is 2.87. The number of hydrazine groups is 1. The third-order valence-corrected chi connectivity index (χ3v) is 4.23. The van der Waals surface area contributed by atoms with Crippen LogP contribution in [-0.4, -0.2) is 31.3 Å². The summed E-state index contributed by atoms with van der Waals surface area (Å²) >= 11 is 1.69. The van der Waals surface area contributed by atoms with Gasteiger partial charge >= 0.3 is 0 Å². The van der Waals surface area contributed by atoms with Gasteiger partial charge < -0.3 is 4.57 Å². The number of thiazole rings is 1. The number of fused-ring (bicyclic) bond motifs is 1. The van der Waals surface area contributed by atoms with Gasteiger partial charge in [0.2, 0.25) is 0 Å². The van der Waals surface area contributed by atoms with Crippen LogP contribution in [-0.2, 0) is 6.54 Å². The highest BCUT2D eigenvalue weighted by Crippen LogP contribution is 2.29. The van der Waals surface area contributed by atoms with Crippen molar-refractivity contribution in [1.29, 1.82) is 0 Å². The van der Waals surface area contributed by atoms with Crippen LogP contribution in [0.4, 0.5) is 0 Å². The number of hydrogen-bond donors (Lipinski definition) is 1. The summed E-state index contributed by atoms with van der Waals surface area (Å²) in [7, 11) is 0. The van der Waals surface area contributed by atoms with Gasteiger partial charge in [0.25, 0.3) is 0 Å². The number of nitrogens with zero attached hydrogens (tertiary/aromatic N) is 5. The molecule has 0 fully saturated rings. The van der Waals surface area contributed by atoms with Crippen molar-refractivity contribution in [3.05, 3.63) is 15.7 Å². The van der Waals surface area contributed by atoms with Gasteiger partial charge in [0.15, 0.2) is 11.6 Å². The topological polar surface area (TPSA) is 72.9 Å². The number of aromatic nitrogens is 4. The first-order valence-electron chi connectivity index (χ1n) is 5.96. The summed E-state index contributed by atoms with van der Waals surface area (Å²) in [5.74, 6) is 7.70. The molecule has 0 radical (unpaired) electrons. The Balaban J connectivity index is 2.11. The fourth-order valence-corrected chi connectivity index (χ4v) is 3.13. The fourth-order valence-electron chi connectivity index (χ4n) is 2.31. The van der Waals surface area contributed by atoms with Crippen molar-refractivity contribution in [3.63, 3.8) is 0 Å². The van der Waals surface area contributed by atoms with Crippen molar-refractivity contribution < 1.29 is 0 Å². The molecule has 2 N–H and O–H groups in total. The molecule has 0 bridgehead atoms. The van der Waals surface area contributed by atoms with Crippen LogP contribution in [0, 0.1) is 13.8 Å². The predicted octanol–water partition coefficient (Wildman–Crippen LogP) is 1.27. The molecule has 1 aliphatic heterocycles.